The number of carbonyl (C=O) groups excluding carboxylic acids is 1. The van der Waals surface area contributed by atoms with E-state index in [2.05, 4.69) is 13.8 Å². The first-order valence-electron chi connectivity index (χ1n) is 17.8. The maximum absolute atomic E-state index is 13.3. The van der Waals surface area contributed by atoms with Gasteiger partial charge >= 0.3 is 17.9 Å². The number of carboxylic acid groups (broad SMARTS) is 2. The van der Waals surface area contributed by atoms with Crippen molar-refractivity contribution in [3.8, 4) is 0 Å². The van der Waals surface area contributed by atoms with E-state index in [4.69, 9.17) is 4.74 Å². The van der Waals surface area contributed by atoms with Gasteiger partial charge in [-0.2, -0.15) is 0 Å². The molecule has 0 aliphatic heterocycles. The predicted molar refractivity (Wildman–Crippen MR) is 167 cm³/mol. The maximum Gasteiger partial charge on any atom is 0.306 e. The normalized spacial score (nSPS) is 27.9. The highest BCUT2D eigenvalue weighted by Crippen LogP contribution is 2.73. The van der Waals surface area contributed by atoms with Gasteiger partial charge in [-0.1, -0.05) is 78.1 Å². The highest BCUT2D eigenvalue weighted by molar-refractivity contribution is 5.69. The Morgan fingerprint density at radius 3 is 1.40 bits per heavy atom. The zero-order valence-corrected chi connectivity index (χ0v) is 27.1. The van der Waals surface area contributed by atoms with Crippen LogP contribution in [0.25, 0.3) is 0 Å². The van der Waals surface area contributed by atoms with Gasteiger partial charge in [0.05, 0.1) is 0 Å². The Hall–Kier alpha value is -1.59. The van der Waals surface area contributed by atoms with E-state index >= 15 is 0 Å². The van der Waals surface area contributed by atoms with Crippen molar-refractivity contribution < 1.29 is 29.3 Å². The van der Waals surface area contributed by atoms with E-state index < -0.39 is 11.9 Å². The standard InChI is InChI=1S/C36H62O6/c1-3-5-7-9-11-13-15-30(16-14-12-10-8-6-4-2)42-33(41)19-22-36-25-29-23-34(27-36,20-17-31(37)38)26-35(24-29,28-36)21-18-32(39)40/h29-30H,3-28H2,1-2H3,(H,37,38)(H,39,40). The average Bonchev–Trinajstić information content (AvgIpc) is 2.93. The van der Waals surface area contributed by atoms with Gasteiger partial charge in [-0.05, 0) is 106 Å². The Balaban J connectivity index is 1.58. The first-order chi connectivity index (χ1) is 20.1. The molecule has 0 heterocycles. The van der Waals surface area contributed by atoms with Crippen LogP contribution in [0.4, 0.5) is 0 Å². The van der Waals surface area contributed by atoms with Gasteiger partial charge in [-0.15, -0.1) is 0 Å². The molecule has 0 aromatic carbocycles. The summed E-state index contributed by atoms with van der Waals surface area (Å²) in [5.74, 6) is -1.03. The second-order valence-electron chi connectivity index (χ2n) is 15.0. The molecule has 242 valence electrons. The molecule has 42 heavy (non-hydrogen) atoms. The first kappa shape index (κ1) is 34.9. The number of unbranched alkanes of at least 4 members (excludes halogenated alkanes) is 10. The van der Waals surface area contributed by atoms with Crippen molar-refractivity contribution in [3.63, 3.8) is 0 Å². The van der Waals surface area contributed by atoms with Crippen molar-refractivity contribution in [2.24, 2.45) is 22.2 Å². The fraction of sp³-hybridized carbons (Fsp3) is 0.917. The third-order valence-corrected chi connectivity index (χ3v) is 11.1. The third-order valence-electron chi connectivity index (χ3n) is 11.1. The van der Waals surface area contributed by atoms with E-state index in [1.807, 2.05) is 0 Å². The van der Waals surface area contributed by atoms with Crippen LogP contribution in [0.3, 0.4) is 0 Å². The molecule has 4 aliphatic carbocycles. The fourth-order valence-corrected chi connectivity index (χ4v) is 9.82. The largest absolute Gasteiger partial charge is 0.481 e. The lowest BCUT2D eigenvalue weighted by molar-refractivity contribution is -0.176. The molecule has 0 aromatic rings. The number of rotatable bonds is 24. The molecule has 0 saturated heterocycles. The monoisotopic (exact) mass is 590 g/mol. The van der Waals surface area contributed by atoms with Gasteiger partial charge in [-0.25, -0.2) is 0 Å². The molecule has 0 aromatic heterocycles. The van der Waals surface area contributed by atoms with Crippen LogP contribution in [0.2, 0.25) is 0 Å². The van der Waals surface area contributed by atoms with Crippen molar-refractivity contribution in [1.29, 1.82) is 0 Å². The molecule has 2 atom stereocenters. The van der Waals surface area contributed by atoms with Crippen LogP contribution >= 0.6 is 0 Å². The highest BCUT2D eigenvalue weighted by atomic mass is 16.5. The van der Waals surface area contributed by atoms with Gasteiger partial charge in [0.2, 0.25) is 0 Å². The van der Waals surface area contributed by atoms with Gasteiger partial charge in [0.1, 0.15) is 6.10 Å². The van der Waals surface area contributed by atoms with E-state index in [9.17, 15) is 24.6 Å². The van der Waals surface area contributed by atoms with Crippen LogP contribution < -0.4 is 0 Å². The molecule has 6 heteroatoms. The molecule has 6 nitrogen and oxygen atoms in total. The molecular formula is C36H62O6. The highest BCUT2D eigenvalue weighted by Gasteiger charge is 2.62. The van der Waals surface area contributed by atoms with Crippen molar-refractivity contribution in [2.45, 2.75) is 187 Å². The molecule has 4 saturated carbocycles. The summed E-state index contributed by atoms with van der Waals surface area (Å²) in [6.07, 6.45) is 26.0. The van der Waals surface area contributed by atoms with Crippen molar-refractivity contribution >= 4 is 17.9 Å². The smallest absolute Gasteiger partial charge is 0.306 e. The van der Waals surface area contributed by atoms with E-state index in [0.717, 1.165) is 70.6 Å². The Labute approximate surface area is 256 Å². The molecule has 2 N–H and O–H groups in total. The summed E-state index contributed by atoms with van der Waals surface area (Å²) >= 11 is 0. The van der Waals surface area contributed by atoms with Gasteiger partial charge in [-0.3, -0.25) is 14.4 Å². The molecule has 4 aliphatic rings. The Morgan fingerprint density at radius 2 is 1.00 bits per heavy atom. The molecule has 4 bridgehead atoms. The number of carboxylic acids is 2. The predicted octanol–water partition coefficient (Wildman–Crippen LogP) is 9.87. The summed E-state index contributed by atoms with van der Waals surface area (Å²) in [5, 5.41) is 18.9. The quantitative estimate of drug-likeness (QED) is 0.0857. The van der Waals surface area contributed by atoms with Crippen molar-refractivity contribution in [3.05, 3.63) is 0 Å². The summed E-state index contributed by atoms with van der Waals surface area (Å²) in [4.78, 5) is 36.4. The Bertz CT molecular complexity index is 802. The number of hydrogen-bond donors (Lipinski definition) is 2. The van der Waals surface area contributed by atoms with Gasteiger partial charge in [0.25, 0.3) is 0 Å². The topological polar surface area (TPSA) is 101 Å². The van der Waals surface area contributed by atoms with E-state index in [1.165, 1.54) is 64.2 Å². The number of carbonyl (C=O) groups is 3. The Kier molecular flexibility index (Phi) is 14.2. The third kappa shape index (κ3) is 11.2. The van der Waals surface area contributed by atoms with Crippen LogP contribution in [0.15, 0.2) is 0 Å². The van der Waals surface area contributed by atoms with Crippen LogP contribution in [0.1, 0.15) is 181 Å². The average molecular weight is 591 g/mol. The minimum Gasteiger partial charge on any atom is -0.481 e. The van der Waals surface area contributed by atoms with Crippen LogP contribution in [-0.2, 0) is 19.1 Å². The second kappa shape index (κ2) is 17.0. The summed E-state index contributed by atoms with van der Waals surface area (Å²) in [5.41, 5.74) is -0.0138. The lowest BCUT2D eigenvalue weighted by atomic mass is 9.37. The summed E-state index contributed by atoms with van der Waals surface area (Å²) in [7, 11) is 0. The van der Waals surface area contributed by atoms with E-state index in [0.29, 0.717) is 25.2 Å². The van der Waals surface area contributed by atoms with Crippen LogP contribution in [0.5, 0.6) is 0 Å². The minimum atomic E-state index is -0.746. The summed E-state index contributed by atoms with van der Waals surface area (Å²) in [6.45, 7) is 4.48. The van der Waals surface area contributed by atoms with E-state index in [1.54, 1.807) is 0 Å². The zero-order valence-electron chi connectivity index (χ0n) is 27.1. The maximum atomic E-state index is 13.3. The second-order valence-corrected chi connectivity index (χ2v) is 15.0. The lowest BCUT2D eigenvalue weighted by Gasteiger charge is -2.67. The molecule has 4 rings (SSSR count). The first-order valence-corrected chi connectivity index (χ1v) is 17.8. The molecular weight excluding hydrogens is 528 g/mol. The minimum absolute atomic E-state index is 0.0156. The van der Waals surface area contributed by atoms with Gasteiger partial charge in [0.15, 0.2) is 0 Å². The van der Waals surface area contributed by atoms with Gasteiger partial charge in [0, 0.05) is 19.3 Å². The number of ether oxygens (including phenoxy) is 1. The summed E-state index contributed by atoms with van der Waals surface area (Å²) in [6, 6.07) is 0. The fourth-order valence-electron chi connectivity index (χ4n) is 9.82. The zero-order chi connectivity index (χ0) is 30.5. The number of esters is 1. The lowest BCUT2D eigenvalue weighted by Crippen LogP contribution is -2.57. The molecule has 2 unspecified atom stereocenters. The molecule has 4 fully saturated rings. The number of aliphatic carboxylic acids is 2. The van der Waals surface area contributed by atoms with Crippen molar-refractivity contribution in [2.75, 3.05) is 0 Å². The number of hydrogen-bond acceptors (Lipinski definition) is 4. The SMILES string of the molecule is CCCCCCCCC(CCCCCCCC)OC(=O)CCC12CC3CC(CCC(=O)O)(CC(CCC(=O)O)(C3)C1)C2. The van der Waals surface area contributed by atoms with Crippen molar-refractivity contribution in [1.82, 2.24) is 0 Å². The van der Waals surface area contributed by atoms with E-state index in [-0.39, 0.29) is 41.2 Å². The van der Waals surface area contributed by atoms with Crippen LogP contribution in [-0.4, -0.2) is 34.2 Å². The van der Waals surface area contributed by atoms with Crippen LogP contribution in [0, 0.1) is 22.2 Å². The Morgan fingerprint density at radius 1 is 0.619 bits per heavy atom. The molecule has 0 amide bonds. The summed E-state index contributed by atoms with van der Waals surface area (Å²) < 4.78 is 6.18. The van der Waals surface area contributed by atoms with Gasteiger partial charge < -0.3 is 14.9 Å². The molecule has 0 spiro atoms. The molecule has 0 radical (unpaired) electrons.